The molecule has 5 nitrogen and oxygen atoms in total. The predicted octanol–water partition coefficient (Wildman–Crippen LogP) is 1.57. The Hall–Kier alpha value is -1.88. The van der Waals surface area contributed by atoms with Crippen molar-refractivity contribution in [3.63, 3.8) is 0 Å². The van der Waals surface area contributed by atoms with Crippen LogP contribution in [-0.4, -0.2) is 33.2 Å². The molecule has 1 aliphatic heterocycles. The highest BCUT2D eigenvalue weighted by atomic mass is 16.4. The van der Waals surface area contributed by atoms with Crippen LogP contribution in [0, 0.1) is 0 Å². The average Bonchev–Trinajstić information content (AvgIpc) is 2.99. The van der Waals surface area contributed by atoms with E-state index in [9.17, 15) is 4.79 Å². The fraction of sp³-hybridized carbons (Fsp3) is 0.429. The summed E-state index contributed by atoms with van der Waals surface area (Å²) < 4.78 is 2.00. The van der Waals surface area contributed by atoms with Crippen LogP contribution in [-0.2, 0) is 13.5 Å². The Kier molecular flexibility index (Phi) is 2.98. The molecular weight excluding hydrogens is 242 g/mol. The molecule has 1 aromatic heterocycles. The number of hydrogen-bond acceptors (Lipinski definition) is 3. The standard InChI is InChI=1S/C14H17N3O2/c1-17-12-7-9(14(18)19)4-5-11(12)16-13(17)8-10-3-2-6-15-10/h4-5,7,10,15H,2-3,6,8H2,1H3,(H,18,19). The van der Waals surface area contributed by atoms with Crippen LogP contribution in [0.15, 0.2) is 18.2 Å². The summed E-state index contributed by atoms with van der Waals surface area (Å²) in [6.45, 7) is 1.08. The number of aryl methyl sites for hydroxylation is 1. The van der Waals surface area contributed by atoms with E-state index in [-0.39, 0.29) is 0 Å². The molecule has 1 saturated heterocycles. The number of aromatic nitrogens is 2. The van der Waals surface area contributed by atoms with Crippen LogP contribution in [0.3, 0.4) is 0 Å². The van der Waals surface area contributed by atoms with Gasteiger partial charge in [-0.05, 0) is 37.6 Å². The molecule has 1 unspecified atom stereocenters. The first-order chi connectivity index (χ1) is 9.15. The van der Waals surface area contributed by atoms with Crippen molar-refractivity contribution in [1.29, 1.82) is 0 Å². The third-order valence-corrected chi connectivity index (χ3v) is 3.81. The van der Waals surface area contributed by atoms with Gasteiger partial charge in [0.25, 0.3) is 0 Å². The number of imidazole rings is 1. The number of benzene rings is 1. The SMILES string of the molecule is Cn1c(CC2CCCN2)nc2ccc(C(=O)O)cc21. The van der Waals surface area contributed by atoms with Gasteiger partial charge in [0, 0.05) is 19.5 Å². The molecule has 3 rings (SSSR count). The second-order valence-corrected chi connectivity index (χ2v) is 5.09. The van der Waals surface area contributed by atoms with Crippen LogP contribution >= 0.6 is 0 Å². The summed E-state index contributed by atoms with van der Waals surface area (Å²) in [6, 6.07) is 5.57. The number of nitrogens with zero attached hydrogens (tertiary/aromatic N) is 2. The van der Waals surface area contributed by atoms with Crippen molar-refractivity contribution in [2.75, 3.05) is 6.54 Å². The van der Waals surface area contributed by atoms with Crippen LogP contribution < -0.4 is 5.32 Å². The first-order valence-corrected chi connectivity index (χ1v) is 6.57. The van der Waals surface area contributed by atoms with E-state index in [1.165, 1.54) is 12.8 Å². The Morgan fingerprint density at radius 3 is 3.11 bits per heavy atom. The molecule has 1 atom stereocenters. The number of hydrogen-bond donors (Lipinski definition) is 2. The van der Waals surface area contributed by atoms with Crippen LogP contribution in [0.2, 0.25) is 0 Å². The molecule has 1 aliphatic rings. The molecule has 0 saturated carbocycles. The zero-order chi connectivity index (χ0) is 13.4. The molecule has 1 aromatic carbocycles. The van der Waals surface area contributed by atoms with E-state index >= 15 is 0 Å². The van der Waals surface area contributed by atoms with Gasteiger partial charge in [-0.25, -0.2) is 9.78 Å². The summed E-state index contributed by atoms with van der Waals surface area (Å²) >= 11 is 0. The van der Waals surface area contributed by atoms with Gasteiger partial charge in [-0.3, -0.25) is 0 Å². The lowest BCUT2D eigenvalue weighted by Gasteiger charge is -2.09. The van der Waals surface area contributed by atoms with Crippen LogP contribution in [0.5, 0.6) is 0 Å². The van der Waals surface area contributed by atoms with E-state index in [0.29, 0.717) is 11.6 Å². The van der Waals surface area contributed by atoms with Crippen molar-refractivity contribution in [3.05, 3.63) is 29.6 Å². The van der Waals surface area contributed by atoms with E-state index in [2.05, 4.69) is 10.3 Å². The monoisotopic (exact) mass is 259 g/mol. The third kappa shape index (κ3) is 2.21. The van der Waals surface area contributed by atoms with Crippen molar-refractivity contribution in [2.45, 2.75) is 25.3 Å². The quantitative estimate of drug-likeness (QED) is 0.878. The lowest BCUT2D eigenvalue weighted by molar-refractivity contribution is 0.0697. The first kappa shape index (κ1) is 12.2. The number of nitrogens with one attached hydrogen (secondary N) is 1. The van der Waals surface area contributed by atoms with Gasteiger partial charge >= 0.3 is 5.97 Å². The molecule has 5 heteroatoms. The summed E-state index contributed by atoms with van der Waals surface area (Å²) in [7, 11) is 1.95. The number of carboxylic acids is 1. The summed E-state index contributed by atoms with van der Waals surface area (Å²) in [5.74, 6) is 0.110. The minimum Gasteiger partial charge on any atom is -0.478 e. The first-order valence-electron chi connectivity index (χ1n) is 6.57. The molecule has 2 aromatic rings. The van der Waals surface area contributed by atoms with Gasteiger partial charge in [-0.15, -0.1) is 0 Å². The fourth-order valence-corrected chi connectivity index (χ4v) is 2.71. The molecule has 0 amide bonds. The van der Waals surface area contributed by atoms with Gasteiger partial charge in [0.1, 0.15) is 5.82 Å². The van der Waals surface area contributed by atoms with Gasteiger partial charge in [0.15, 0.2) is 0 Å². The minimum absolute atomic E-state index is 0.307. The smallest absolute Gasteiger partial charge is 0.335 e. The van der Waals surface area contributed by atoms with Gasteiger partial charge in [-0.1, -0.05) is 0 Å². The number of fused-ring (bicyclic) bond motifs is 1. The number of carbonyl (C=O) groups is 1. The molecule has 0 aliphatic carbocycles. The number of aromatic carboxylic acids is 1. The third-order valence-electron chi connectivity index (χ3n) is 3.81. The normalized spacial score (nSPS) is 19.1. The highest BCUT2D eigenvalue weighted by molar-refractivity contribution is 5.92. The van der Waals surface area contributed by atoms with Crippen LogP contribution in [0.4, 0.5) is 0 Å². The second kappa shape index (κ2) is 4.66. The molecule has 19 heavy (non-hydrogen) atoms. The molecule has 100 valence electrons. The largest absolute Gasteiger partial charge is 0.478 e. The number of carboxylic acid groups (broad SMARTS) is 1. The zero-order valence-electron chi connectivity index (χ0n) is 10.9. The van der Waals surface area contributed by atoms with Crippen molar-refractivity contribution in [2.24, 2.45) is 7.05 Å². The highest BCUT2D eigenvalue weighted by Crippen LogP contribution is 2.19. The average molecular weight is 259 g/mol. The molecule has 0 radical (unpaired) electrons. The van der Waals surface area contributed by atoms with Crippen LogP contribution in [0.25, 0.3) is 11.0 Å². The summed E-state index contributed by atoms with van der Waals surface area (Å²) in [5, 5.41) is 12.5. The van der Waals surface area contributed by atoms with Crippen molar-refractivity contribution in [3.8, 4) is 0 Å². The van der Waals surface area contributed by atoms with E-state index in [1.807, 2.05) is 11.6 Å². The van der Waals surface area contributed by atoms with Gasteiger partial charge in [0.2, 0.25) is 0 Å². The maximum absolute atomic E-state index is 11.0. The Morgan fingerprint density at radius 1 is 1.58 bits per heavy atom. The lowest BCUT2D eigenvalue weighted by Crippen LogP contribution is -2.25. The maximum Gasteiger partial charge on any atom is 0.335 e. The van der Waals surface area contributed by atoms with Gasteiger partial charge < -0.3 is 15.0 Å². The molecule has 0 spiro atoms. The van der Waals surface area contributed by atoms with Gasteiger partial charge in [-0.2, -0.15) is 0 Å². The Balaban J connectivity index is 1.97. The number of rotatable bonds is 3. The van der Waals surface area contributed by atoms with Crippen LogP contribution in [0.1, 0.15) is 29.0 Å². The molecule has 0 bridgehead atoms. The second-order valence-electron chi connectivity index (χ2n) is 5.09. The fourth-order valence-electron chi connectivity index (χ4n) is 2.71. The van der Waals surface area contributed by atoms with E-state index < -0.39 is 5.97 Å². The molecule has 1 fully saturated rings. The highest BCUT2D eigenvalue weighted by Gasteiger charge is 2.18. The van der Waals surface area contributed by atoms with Crippen molar-refractivity contribution < 1.29 is 9.90 Å². The Labute approximate surface area is 111 Å². The topological polar surface area (TPSA) is 67.2 Å². The predicted molar refractivity (Wildman–Crippen MR) is 72.4 cm³/mol. The lowest BCUT2D eigenvalue weighted by atomic mass is 10.1. The van der Waals surface area contributed by atoms with Crippen molar-refractivity contribution >= 4 is 17.0 Å². The Morgan fingerprint density at radius 2 is 2.42 bits per heavy atom. The van der Waals surface area contributed by atoms with Gasteiger partial charge in [0.05, 0.1) is 16.6 Å². The maximum atomic E-state index is 11.0. The van der Waals surface area contributed by atoms with Crippen molar-refractivity contribution in [1.82, 2.24) is 14.9 Å². The molecular formula is C14H17N3O2. The van der Waals surface area contributed by atoms with E-state index in [1.54, 1.807) is 18.2 Å². The zero-order valence-corrected chi connectivity index (χ0v) is 10.9. The van der Waals surface area contributed by atoms with E-state index in [4.69, 9.17) is 5.11 Å². The summed E-state index contributed by atoms with van der Waals surface area (Å²) in [6.07, 6.45) is 3.30. The molecule has 2 N–H and O–H groups in total. The summed E-state index contributed by atoms with van der Waals surface area (Å²) in [4.78, 5) is 15.6. The molecule has 2 heterocycles. The minimum atomic E-state index is -0.901. The summed E-state index contributed by atoms with van der Waals surface area (Å²) in [5.41, 5.74) is 2.05. The Bertz CT molecular complexity index is 627. The van der Waals surface area contributed by atoms with E-state index in [0.717, 1.165) is 29.8 Å².